The Morgan fingerprint density at radius 1 is 0.786 bits per heavy atom. The normalized spacial score (nSPS) is 21.4. The summed E-state index contributed by atoms with van der Waals surface area (Å²) >= 11 is 6.00. The van der Waals surface area contributed by atoms with Crippen LogP contribution in [0.15, 0.2) is 91.0 Å². The standard InChI is InChI=1S/C34H25ClN2O5/c1-18-10-13-20(35)16-26(18)36-27(38)17-42-34(41)19-11-14-21(15-12-19)37-32(39)30-28-22-6-2-3-7-23(22)29(31(30)33(37)40)25-9-5-4-8-24(25)28/h2-16,28-31H,17H2,1H3,(H,36,38)/t28?,29?,30-,31+. The van der Waals surface area contributed by atoms with Gasteiger partial charge in [0.15, 0.2) is 6.61 Å². The molecule has 7 nitrogen and oxygen atoms in total. The van der Waals surface area contributed by atoms with Gasteiger partial charge in [-0.25, -0.2) is 9.69 Å². The van der Waals surface area contributed by atoms with E-state index in [0.717, 1.165) is 27.8 Å². The molecule has 4 aromatic carbocycles. The number of ether oxygens (including phenoxy) is 1. The number of rotatable bonds is 5. The van der Waals surface area contributed by atoms with E-state index >= 15 is 0 Å². The third-order valence-electron chi connectivity index (χ3n) is 8.62. The Balaban J connectivity index is 1.09. The first-order valence-corrected chi connectivity index (χ1v) is 14.1. The molecule has 8 rings (SSSR count). The van der Waals surface area contributed by atoms with Crippen LogP contribution in [0.25, 0.3) is 0 Å². The lowest BCUT2D eigenvalue weighted by atomic mass is 9.55. The molecule has 3 aliphatic carbocycles. The van der Waals surface area contributed by atoms with Crippen LogP contribution in [0.5, 0.6) is 0 Å². The molecule has 8 heteroatoms. The van der Waals surface area contributed by atoms with Gasteiger partial charge in [-0.2, -0.15) is 0 Å². The summed E-state index contributed by atoms with van der Waals surface area (Å²) < 4.78 is 5.19. The van der Waals surface area contributed by atoms with E-state index in [1.165, 1.54) is 17.0 Å². The average molecular weight is 577 g/mol. The van der Waals surface area contributed by atoms with Crippen molar-refractivity contribution in [3.8, 4) is 0 Å². The van der Waals surface area contributed by atoms with E-state index in [-0.39, 0.29) is 29.2 Å². The molecule has 4 aliphatic rings. The SMILES string of the molecule is Cc1ccc(Cl)cc1NC(=O)COC(=O)c1ccc(N2C(=O)[C@@H]3C4c5ccccc5C(c5ccccc54)[C@@H]3C2=O)cc1. The van der Waals surface area contributed by atoms with Crippen LogP contribution >= 0.6 is 11.6 Å². The first-order chi connectivity index (χ1) is 20.3. The number of aryl methyl sites for hydroxylation is 1. The van der Waals surface area contributed by atoms with Gasteiger partial charge in [-0.3, -0.25) is 14.4 Å². The van der Waals surface area contributed by atoms with Crippen LogP contribution in [0.4, 0.5) is 11.4 Å². The van der Waals surface area contributed by atoms with Gasteiger partial charge in [-0.15, -0.1) is 0 Å². The molecule has 4 aromatic rings. The van der Waals surface area contributed by atoms with Crippen molar-refractivity contribution in [2.24, 2.45) is 11.8 Å². The van der Waals surface area contributed by atoms with E-state index in [9.17, 15) is 19.2 Å². The largest absolute Gasteiger partial charge is 0.452 e. The van der Waals surface area contributed by atoms with Crippen molar-refractivity contribution in [2.45, 2.75) is 18.8 Å². The molecule has 208 valence electrons. The van der Waals surface area contributed by atoms with Crippen molar-refractivity contribution in [3.63, 3.8) is 0 Å². The second-order valence-corrected chi connectivity index (χ2v) is 11.3. The van der Waals surface area contributed by atoms with Gasteiger partial charge in [-0.05, 0) is 71.1 Å². The zero-order valence-corrected chi connectivity index (χ0v) is 23.3. The minimum absolute atomic E-state index is 0.190. The average Bonchev–Trinajstić information content (AvgIpc) is 3.27. The lowest BCUT2D eigenvalue weighted by Gasteiger charge is -2.45. The molecule has 1 saturated heterocycles. The maximum atomic E-state index is 13.9. The molecule has 1 N–H and O–H groups in total. The van der Waals surface area contributed by atoms with Crippen LogP contribution in [0.2, 0.25) is 5.02 Å². The highest BCUT2D eigenvalue weighted by atomic mass is 35.5. The van der Waals surface area contributed by atoms with E-state index in [1.54, 1.807) is 30.3 Å². The van der Waals surface area contributed by atoms with Crippen molar-refractivity contribution >= 4 is 46.7 Å². The number of imide groups is 1. The highest BCUT2D eigenvalue weighted by Crippen LogP contribution is 2.61. The summed E-state index contributed by atoms with van der Waals surface area (Å²) in [7, 11) is 0. The summed E-state index contributed by atoms with van der Waals surface area (Å²) in [6.07, 6.45) is 0. The Morgan fingerprint density at radius 3 is 1.83 bits per heavy atom. The van der Waals surface area contributed by atoms with E-state index in [2.05, 4.69) is 29.6 Å². The molecule has 42 heavy (non-hydrogen) atoms. The van der Waals surface area contributed by atoms with Crippen molar-refractivity contribution in [1.82, 2.24) is 0 Å². The summed E-state index contributed by atoms with van der Waals surface area (Å²) in [5, 5.41) is 3.16. The number of carbonyl (C=O) groups is 4. The molecule has 0 radical (unpaired) electrons. The first kappa shape index (κ1) is 26.2. The molecule has 0 unspecified atom stereocenters. The third-order valence-corrected chi connectivity index (χ3v) is 8.85. The molecule has 1 heterocycles. The second-order valence-electron chi connectivity index (χ2n) is 10.9. The molecule has 1 fully saturated rings. The van der Waals surface area contributed by atoms with Gasteiger partial charge in [0, 0.05) is 22.5 Å². The molecule has 2 bridgehead atoms. The molecule has 0 aromatic heterocycles. The zero-order valence-electron chi connectivity index (χ0n) is 22.5. The topological polar surface area (TPSA) is 92.8 Å². The predicted molar refractivity (Wildman–Crippen MR) is 158 cm³/mol. The van der Waals surface area contributed by atoms with Crippen LogP contribution in [-0.2, 0) is 19.1 Å². The van der Waals surface area contributed by atoms with Gasteiger partial charge >= 0.3 is 5.97 Å². The fraction of sp³-hybridized carbons (Fsp3) is 0.176. The maximum absolute atomic E-state index is 13.9. The van der Waals surface area contributed by atoms with Crippen molar-refractivity contribution in [1.29, 1.82) is 0 Å². The van der Waals surface area contributed by atoms with Crippen molar-refractivity contribution in [3.05, 3.63) is 129 Å². The Kier molecular flexibility index (Phi) is 6.21. The monoisotopic (exact) mass is 576 g/mol. The lowest BCUT2D eigenvalue weighted by Crippen LogP contribution is -2.41. The summed E-state index contributed by atoms with van der Waals surface area (Å²) in [6, 6.07) is 27.4. The van der Waals surface area contributed by atoms with E-state index in [4.69, 9.17) is 16.3 Å². The first-order valence-electron chi connectivity index (χ1n) is 13.7. The number of nitrogens with zero attached hydrogens (tertiary/aromatic N) is 1. The van der Waals surface area contributed by atoms with E-state index in [0.29, 0.717) is 16.4 Å². The Hall–Kier alpha value is -4.75. The van der Waals surface area contributed by atoms with Crippen LogP contribution < -0.4 is 10.2 Å². The fourth-order valence-electron chi connectivity index (χ4n) is 6.81. The number of hydrogen-bond donors (Lipinski definition) is 1. The van der Waals surface area contributed by atoms with Gasteiger partial charge in [0.05, 0.1) is 23.1 Å². The van der Waals surface area contributed by atoms with Crippen LogP contribution in [-0.4, -0.2) is 30.3 Å². The number of esters is 1. The van der Waals surface area contributed by atoms with Crippen molar-refractivity contribution in [2.75, 3.05) is 16.8 Å². The van der Waals surface area contributed by atoms with Crippen LogP contribution in [0.3, 0.4) is 0 Å². The molecule has 0 saturated carbocycles. The molecular formula is C34H25ClN2O5. The van der Waals surface area contributed by atoms with Crippen LogP contribution in [0, 0.1) is 18.8 Å². The molecule has 2 atom stereocenters. The quantitative estimate of drug-likeness (QED) is 0.238. The van der Waals surface area contributed by atoms with Gasteiger partial charge < -0.3 is 10.1 Å². The summed E-state index contributed by atoms with van der Waals surface area (Å²) in [5.41, 5.74) is 6.39. The summed E-state index contributed by atoms with van der Waals surface area (Å²) in [4.78, 5) is 54.1. The number of carbonyl (C=O) groups excluding carboxylic acids is 4. The Morgan fingerprint density at radius 2 is 1.31 bits per heavy atom. The molecule has 1 aliphatic heterocycles. The highest BCUT2D eigenvalue weighted by molar-refractivity contribution is 6.31. The van der Waals surface area contributed by atoms with Crippen molar-refractivity contribution < 1.29 is 23.9 Å². The van der Waals surface area contributed by atoms with Gasteiger partial charge in [-0.1, -0.05) is 66.2 Å². The molecule has 0 spiro atoms. The smallest absolute Gasteiger partial charge is 0.338 e. The van der Waals surface area contributed by atoms with Gasteiger partial charge in [0.2, 0.25) is 11.8 Å². The Labute approximate surface area is 247 Å². The highest BCUT2D eigenvalue weighted by Gasteiger charge is 2.61. The van der Waals surface area contributed by atoms with Crippen LogP contribution in [0.1, 0.15) is 50.0 Å². The molecular weight excluding hydrogens is 552 g/mol. The van der Waals surface area contributed by atoms with E-state index in [1.807, 2.05) is 31.2 Å². The fourth-order valence-corrected chi connectivity index (χ4v) is 6.98. The third kappa shape index (κ3) is 4.03. The molecule has 3 amide bonds. The minimum Gasteiger partial charge on any atom is -0.452 e. The summed E-state index contributed by atoms with van der Waals surface area (Å²) in [6.45, 7) is 1.34. The minimum atomic E-state index is -0.698. The lowest BCUT2D eigenvalue weighted by molar-refractivity contribution is -0.122. The maximum Gasteiger partial charge on any atom is 0.338 e. The Bertz CT molecular complexity index is 1680. The number of nitrogens with one attached hydrogen (secondary N) is 1. The van der Waals surface area contributed by atoms with Gasteiger partial charge in [0.25, 0.3) is 5.91 Å². The summed E-state index contributed by atoms with van der Waals surface area (Å²) in [5.74, 6) is -3.01. The number of hydrogen-bond acceptors (Lipinski definition) is 5. The number of anilines is 2. The van der Waals surface area contributed by atoms with Gasteiger partial charge in [0.1, 0.15) is 0 Å². The van der Waals surface area contributed by atoms with E-state index < -0.39 is 30.3 Å². The number of amides is 3. The number of halogens is 1. The second kappa shape index (κ2) is 9.96. The number of benzene rings is 4. The zero-order chi connectivity index (χ0) is 29.1. The predicted octanol–water partition coefficient (Wildman–Crippen LogP) is 5.84.